The molecule has 0 spiro atoms. The number of rotatable bonds is 3. The Morgan fingerprint density at radius 2 is 1.90 bits per heavy atom. The summed E-state index contributed by atoms with van der Waals surface area (Å²) in [7, 11) is 0. The Kier molecular flexibility index (Phi) is 2.87. The Labute approximate surface area is 129 Å². The number of hydrogen-bond donors (Lipinski definition) is 0. The summed E-state index contributed by atoms with van der Waals surface area (Å²) in [6.45, 7) is 5.75. The predicted molar refractivity (Wildman–Crippen MR) is 82.8 cm³/mol. The minimum atomic E-state index is 0.336. The van der Waals surface area contributed by atoms with Crippen LogP contribution in [-0.4, -0.2) is 14.8 Å². The molecule has 1 aromatic heterocycles. The molecule has 4 fully saturated rings. The van der Waals surface area contributed by atoms with Crippen LogP contribution in [0, 0.1) is 17.3 Å². The molecule has 0 amide bonds. The molecule has 0 N–H and O–H groups in total. The van der Waals surface area contributed by atoms with Crippen molar-refractivity contribution < 1.29 is 0 Å². The molecule has 0 aliphatic heterocycles. The van der Waals surface area contributed by atoms with Gasteiger partial charge in [0.2, 0.25) is 0 Å². The molecule has 1 heterocycles. The summed E-state index contributed by atoms with van der Waals surface area (Å²) < 4.78 is 2.38. The van der Waals surface area contributed by atoms with E-state index in [1.54, 1.807) is 0 Å². The van der Waals surface area contributed by atoms with Crippen molar-refractivity contribution in [2.24, 2.45) is 17.3 Å². The van der Waals surface area contributed by atoms with Crippen LogP contribution >= 0.6 is 15.9 Å². The van der Waals surface area contributed by atoms with Gasteiger partial charge in [0, 0.05) is 12.0 Å². The lowest BCUT2D eigenvalue weighted by Gasteiger charge is -2.60. The smallest absolute Gasteiger partial charge is 0.143 e. The first-order valence-electron chi connectivity index (χ1n) is 8.06. The fraction of sp³-hybridized carbons (Fsp3) is 0.875. The third-order valence-corrected chi connectivity index (χ3v) is 6.59. The van der Waals surface area contributed by atoms with E-state index in [1.807, 2.05) is 0 Å². The summed E-state index contributed by atoms with van der Waals surface area (Å²) in [5.74, 6) is 4.28. The third-order valence-electron chi connectivity index (χ3n) is 6.09. The Morgan fingerprint density at radius 1 is 1.20 bits per heavy atom. The van der Waals surface area contributed by atoms with Gasteiger partial charge in [-0.3, -0.25) is 0 Å². The van der Waals surface area contributed by atoms with Crippen LogP contribution < -0.4 is 0 Å². The number of aromatic nitrogens is 3. The van der Waals surface area contributed by atoms with Gasteiger partial charge in [-0.15, -0.1) is 10.2 Å². The first-order valence-corrected chi connectivity index (χ1v) is 9.18. The highest BCUT2D eigenvalue weighted by Gasteiger charge is 2.58. The zero-order chi connectivity index (χ0) is 14.0. The molecule has 0 aromatic carbocycles. The van der Waals surface area contributed by atoms with Crippen LogP contribution in [0.1, 0.15) is 64.0 Å². The normalized spacial score (nSPS) is 42.4. The van der Waals surface area contributed by atoms with Crippen LogP contribution in [0.25, 0.3) is 0 Å². The van der Waals surface area contributed by atoms with Gasteiger partial charge in [0.05, 0.1) is 5.33 Å². The number of alkyl halides is 1. The number of hydrogen-bond acceptors (Lipinski definition) is 2. The maximum Gasteiger partial charge on any atom is 0.143 e. The number of nitrogens with zero attached hydrogens (tertiary/aromatic N) is 3. The lowest BCUT2D eigenvalue weighted by molar-refractivity contribution is -0.0661. The van der Waals surface area contributed by atoms with E-state index in [1.165, 1.54) is 44.3 Å². The molecule has 4 bridgehead atoms. The van der Waals surface area contributed by atoms with E-state index in [2.05, 4.69) is 44.5 Å². The average Bonchev–Trinajstić information content (AvgIpc) is 2.79. The highest BCUT2D eigenvalue weighted by Crippen LogP contribution is 2.65. The third kappa shape index (κ3) is 1.76. The first-order chi connectivity index (χ1) is 9.57. The summed E-state index contributed by atoms with van der Waals surface area (Å²) in [5, 5.41) is 9.93. The molecule has 2 unspecified atom stereocenters. The van der Waals surface area contributed by atoms with Gasteiger partial charge in [0.1, 0.15) is 11.6 Å². The van der Waals surface area contributed by atoms with Gasteiger partial charge in [0.15, 0.2) is 0 Å². The van der Waals surface area contributed by atoms with Crippen LogP contribution in [0.15, 0.2) is 0 Å². The van der Waals surface area contributed by atoms with Crippen LogP contribution in [0.5, 0.6) is 0 Å². The van der Waals surface area contributed by atoms with Crippen molar-refractivity contribution in [3.05, 3.63) is 11.6 Å². The Bertz CT molecular complexity index is 522. The van der Waals surface area contributed by atoms with Gasteiger partial charge in [-0.25, -0.2) is 0 Å². The van der Waals surface area contributed by atoms with Gasteiger partial charge in [-0.2, -0.15) is 0 Å². The fourth-order valence-electron chi connectivity index (χ4n) is 6.14. The largest absolute Gasteiger partial charge is 0.314 e. The van der Waals surface area contributed by atoms with Gasteiger partial charge >= 0.3 is 0 Å². The fourth-order valence-corrected chi connectivity index (χ4v) is 6.56. The Hall–Kier alpha value is -0.380. The second-order valence-electron chi connectivity index (χ2n) is 7.87. The standard InChI is InChI=1S/C16H24BrN3/c1-3-20-13(9-17)18-19-14(20)16-7-11-4-12(8-16)6-15(2,5-11)10-16/h11-12H,3-10H2,1-2H3. The SMILES string of the molecule is CCn1c(CBr)nnc1C12CC3CC(CC(C)(C3)C1)C2. The van der Waals surface area contributed by atoms with E-state index in [4.69, 9.17) is 0 Å². The van der Waals surface area contributed by atoms with E-state index >= 15 is 0 Å². The molecule has 1 aromatic rings. The monoisotopic (exact) mass is 337 g/mol. The molecule has 0 radical (unpaired) electrons. The van der Waals surface area contributed by atoms with E-state index < -0.39 is 0 Å². The quantitative estimate of drug-likeness (QED) is 0.779. The molecule has 3 nitrogen and oxygen atoms in total. The molecule has 4 aliphatic carbocycles. The summed E-state index contributed by atoms with van der Waals surface area (Å²) in [4.78, 5) is 0. The van der Waals surface area contributed by atoms with E-state index in [9.17, 15) is 0 Å². The van der Waals surface area contributed by atoms with Gasteiger partial charge < -0.3 is 4.57 Å². The van der Waals surface area contributed by atoms with Crippen molar-refractivity contribution in [1.82, 2.24) is 14.8 Å². The van der Waals surface area contributed by atoms with E-state index in [0.29, 0.717) is 10.8 Å². The van der Waals surface area contributed by atoms with Gasteiger partial charge in [-0.1, -0.05) is 22.9 Å². The van der Waals surface area contributed by atoms with E-state index in [-0.39, 0.29) is 0 Å². The molecule has 2 atom stereocenters. The predicted octanol–water partition coefficient (Wildman–Crippen LogP) is 4.05. The molecular formula is C16H24BrN3. The van der Waals surface area contributed by atoms with Crippen molar-refractivity contribution in [2.45, 2.75) is 69.7 Å². The minimum Gasteiger partial charge on any atom is -0.314 e. The average molecular weight is 338 g/mol. The van der Waals surface area contributed by atoms with Crippen molar-refractivity contribution in [3.8, 4) is 0 Å². The zero-order valence-corrected chi connectivity index (χ0v) is 14.1. The molecule has 5 rings (SSSR count). The lowest BCUT2D eigenvalue weighted by atomic mass is 9.44. The van der Waals surface area contributed by atoms with Crippen molar-refractivity contribution >= 4 is 15.9 Å². The van der Waals surface area contributed by atoms with Crippen LogP contribution in [0.4, 0.5) is 0 Å². The molecule has 4 saturated carbocycles. The van der Waals surface area contributed by atoms with Crippen molar-refractivity contribution in [3.63, 3.8) is 0 Å². The van der Waals surface area contributed by atoms with Crippen LogP contribution in [0.2, 0.25) is 0 Å². The topological polar surface area (TPSA) is 30.7 Å². The van der Waals surface area contributed by atoms with Gasteiger partial charge in [0.25, 0.3) is 0 Å². The Morgan fingerprint density at radius 3 is 2.45 bits per heavy atom. The highest BCUT2D eigenvalue weighted by atomic mass is 79.9. The molecular weight excluding hydrogens is 314 g/mol. The summed E-state index contributed by atoms with van der Waals surface area (Å²) in [6.07, 6.45) is 8.45. The van der Waals surface area contributed by atoms with Gasteiger partial charge in [-0.05, 0) is 62.7 Å². The summed E-state index contributed by atoms with van der Waals surface area (Å²) in [5.41, 5.74) is 0.908. The second-order valence-corrected chi connectivity index (χ2v) is 8.43. The Balaban J connectivity index is 1.80. The van der Waals surface area contributed by atoms with Crippen molar-refractivity contribution in [2.75, 3.05) is 0 Å². The zero-order valence-electron chi connectivity index (χ0n) is 12.5. The maximum absolute atomic E-state index is 4.66. The maximum atomic E-state index is 4.66. The molecule has 4 heteroatoms. The lowest BCUT2D eigenvalue weighted by Crippen LogP contribution is -2.53. The summed E-state index contributed by atoms with van der Waals surface area (Å²) in [6, 6.07) is 0. The highest BCUT2D eigenvalue weighted by molar-refractivity contribution is 9.08. The second kappa shape index (κ2) is 4.31. The van der Waals surface area contributed by atoms with Crippen LogP contribution in [-0.2, 0) is 17.3 Å². The molecule has 110 valence electrons. The molecule has 4 aliphatic rings. The summed E-state index contributed by atoms with van der Waals surface area (Å²) >= 11 is 3.56. The van der Waals surface area contributed by atoms with Crippen molar-refractivity contribution in [1.29, 1.82) is 0 Å². The first kappa shape index (κ1) is 13.3. The van der Waals surface area contributed by atoms with E-state index in [0.717, 1.165) is 29.5 Å². The van der Waals surface area contributed by atoms with Crippen LogP contribution in [0.3, 0.4) is 0 Å². The number of halogens is 1. The molecule has 0 saturated heterocycles. The molecule has 20 heavy (non-hydrogen) atoms. The minimum absolute atomic E-state index is 0.336.